The van der Waals surface area contributed by atoms with Crippen LogP contribution in [0.2, 0.25) is 0 Å². The van der Waals surface area contributed by atoms with Gasteiger partial charge >= 0.3 is 0 Å². The SMILES string of the molecule is Cc1[nH]nc2c1[C@H](c1cnn3cccnc13)CC(=O)N2. The molecule has 0 aliphatic carbocycles. The first-order valence-corrected chi connectivity index (χ1v) is 6.37. The van der Waals surface area contributed by atoms with Crippen LogP contribution in [0.25, 0.3) is 5.65 Å². The Hall–Kier alpha value is -2.70. The van der Waals surface area contributed by atoms with Crippen molar-refractivity contribution in [2.24, 2.45) is 0 Å². The highest BCUT2D eigenvalue weighted by Gasteiger charge is 2.32. The number of aromatic amines is 1. The van der Waals surface area contributed by atoms with E-state index in [1.807, 2.05) is 19.2 Å². The number of hydrogen-bond donors (Lipinski definition) is 2. The molecule has 7 heteroatoms. The predicted octanol–water partition coefficient (Wildman–Crippen LogP) is 1.23. The van der Waals surface area contributed by atoms with Crippen LogP contribution < -0.4 is 5.32 Å². The average molecular weight is 268 g/mol. The molecular weight excluding hydrogens is 256 g/mol. The number of hydrogen-bond acceptors (Lipinski definition) is 4. The maximum Gasteiger partial charge on any atom is 0.226 e. The molecule has 4 rings (SSSR count). The summed E-state index contributed by atoms with van der Waals surface area (Å²) in [7, 11) is 0. The molecule has 0 unspecified atom stereocenters. The van der Waals surface area contributed by atoms with E-state index in [4.69, 9.17) is 0 Å². The minimum Gasteiger partial charge on any atom is -0.309 e. The number of nitrogens with one attached hydrogen (secondary N) is 2. The fourth-order valence-corrected chi connectivity index (χ4v) is 2.79. The van der Waals surface area contributed by atoms with E-state index in [0.717, 1.165) is 22.5 Å². The van der Waals surface area contributed by atoms with Crippen LogP contribution >= 0.6 is 0 Å². The maximum absolute atomic E-state index is 11.9. The molecule has 20 heavy (non-hydrogen) atoms. The van der Waals surface area contributed by atoms with Crippen molar-refractivity contribution in [3.05, 3.63) is 41.5 Å². The molecular formula is C13H12N6O. The predicted molar refractivity (Wildman–Crippen MR) is 71.4 cm³/mol. The van der Waals surface area contributed by atoms with E-state index in [1.54, 1.807) is 16.9 Å². The minimum absolute atomic E-state index is 0.0377. The van der Waals surface area contributed by atoms with Gasteiger partial charge < -0.3 is 5.32 Å². The molecule has 7 nitrogen and oxygen atoms in total. The van der Waals surface area contributed by atoms with Crippen LogP contribution in [0, 0.1) is 6.92 Å². The number of fused-ring (bicyclic) bond motifs is 2. The van der Waals surface area contributed by atoms with Crippen LogP contribution in [0.4, 0.5) is 5.82 Å². The van der Waals surface area contributed by atoms with Gasteiger partial charge in [-0.15, -0.1) is 0 Å². The Labute approximate surface area is 114 Å². The molecule has 1 aliphatic heterocycles. The fraction of sp³-hybridized carbons (Fsp3) is 0.231. The molecule has 3 aromatic heterocycles. The zero-order chi connectivity index (χ0) is 13.7. The Morgan fingerprint density at radius 2 is 2.35 bits per heavy atom. The number of aryl methyl sites for hydroxylation is 1. The second-order valence-corrected chi connectivity index (χ2v) is 4.90. The zero-order valence-corrected chi connectivity index (χ0v) is 10.8. The van der Waals surface area contributed by atoms with Crippen molar-refractivity contribution < 1.29 is 4.79 Å². The molecule has 0 bridgehead atoms. The van der Waals surface area contributed by atoms with Gasteiger partial charge in [0.1, 0.15) is 0 Å². The standard InChI is InChI=1S/C13H12N6O/c1-7-11-8(5-10(20)16-12(11)18-17-7)9-6-15-19-4-2-3-14-13(9)19/h2-4,6,8H,5H2,1H3,(H2,16,17,18,20)/t8-/m0/s1. The lowest BCUT2D eigenvalue weighted by Crippen LogP contribution is -2.23. The smallest absolute Gasteiger partial charge is 0.226 e. The number of anilines is 1. The number of aromatic nitrogens is 5. The highest BCUT2D eigenvalue weighted by Crippen LogP contribution is 2.38. The van der Waals surface area contributed by atoms with Crippen molar-refractivity contribution in [2.75, 3.05) is 5.32 Å². The summed E-state index contributed by atoms with van der Waals surface area (Å²) in [5, 5.41) is 14.2. The molecule has 1 aliphatic rings. The molecule has 0 fully saturated rings. The van der Waals surface area contributed by atoms with Gasteiger partial charge in [-0.1, -0.05) is 0 Å². The van der Waals surface area contributed by atoms with Gasteiger partial charge in [0.15, 0.2) is 11.5 Å². The molecule has 4 heterocycles. The lowest BCUT2D eigenvalue weighted by Gasteiger charge is -2.21. The van der Waals surface area contributed by atoms with Gasteiger partial charge in [-0.05, 0) is 13.0 Å². The number of rotatable bonds is 1. The molecule has 100 valence electrons. The third-order valence-electron chi connectivity index (χ3n) is 3.67. The molecule has 3 aromatic rings. The number of H-pyrrole nitrogens is 1. The molecule has 1 amide bonds. The first-order valence-electron chi connectivity index (χ1n) is 6.37. The number of nitrogens with zero attached hydrogens (tertiary/aromatic N) is 4. The van der Waals surface area contributed by atoms with Crippen LogP contribution in [-0.2, 0) is 4.79 Å². The first-order chi connectivity index (χ1) is 9.74. The summed E-state index contributed by atoms with van der Waals surface area (Å²) in [5.41, 5.74) is 3.70. The van der Waals surface area contributed by atoms with Gasteiger partial charge in [0.25, 0.3) is 0 Å². The zero-order valence-electron chi connectivity index (χ0n) is 10.8. The largest absolute Gasteiger partial charge is 0.309 e. The summed E-state index contributed by atoms with van der Waals surface area (Å²) in [6.45, 7) is 1.95. The molecule has 0 spiro atoms. The van der Waals surface area contributed by atoms with E-state index in [9.17, 15) is 4.79 Å². The van der Waals surface area contributed by atoms with Crippen LogP contribution in [-0.4, -0.2) is 30.7 Å². The van der Waals surface area contributed by atoms with Gasteiger partial charge in [-0.3, -0.25) is 9.89 Å². The second kappa shape index (κ2) is 3.89. The molecule has 0 radical (unpaired) electrons. The average Bonchev–Trinajstić information content (AvgIpc) is 3.02. The van der Waals surface area contributed by atoms with Crippen LogP contribution in [0.5, 0.6) is 0 Å². The van der Waals surface area contributed by atoms with Crippen molar-refractivity contribution in [3.63, 3.8) is 0 Å². The Bertz CT molecular complexity index is 817. The summed E-state index contributed by atoms with van der Waals surface area (Å²) < 4.78 is 1.72. The molecule has 0 saturated carbocycles. The molecule has 0 saturated heterocycles. The summed E-state index contributed by atoms with van der Waals surface area (Å²) in [5.74, 6) is 0.508. The normalized spacial score (nSPS) is 18.1. The van der Waals surface area contributed by atoms with Gasteiger partial charge in [0, 0.05) is 41.6 Å². The highest BCUT2D eigenvalue weighted by molar-refractivity contribution is 5.94. The van der Waals surface area contributed by atoms with E-state index in [0.29, 0.717) is 12.2 Å². The third kappa shape index (κ3) is 1.46. The molecule has 0 aromatic carbocycles. The number of carbonyl (C=O) groups is 1. The van der Waals surface area contributed by atoms with Gasteiger partial charge in [0.2, 0.25) is 5.91 Å². The quantitative estimate of drug-likeness (QED) is 0.695. The van der Waals surface area contributed by atoms with E-state index < -0.39 is 0 Å². The number of carbonyl (C=O) groups excluding carboxylic acids is 1. The lowest BCUT2D eigenvalue weighted by molar-refractivity contribution is -0.116. The Morgan fingerprint density at radius 1 is 1.45 bits per heavy atom. The van der Waals surface area contributed by atoms with Crippen molar-refractivity contribution in [3.8, 4) is 0 Å². The lowest BCUT2D eigenvalue weighted by atomic mass is 9.87. The third-order valence-corrected chi connectivity index (χ3v) is 3.67. The van der Waals surface area contributed by atoms with Gasteiger partial charge in [-0.25, -0.2) is 9.50 Å². The monoisotopic (exact) mass is 268 g/mol. The van der Waals surface area contributed by atoms with Gasteiger partial charge in [-0.2, -0.15) is 10.2 Å². The Morgan fingerprint density at radius 3 is 3.25 bits per heavy atom. The summed E-state index contributed by atoms with van der Waals surface area (Å²) >= 11 is 0. The summed E-state index contributed by atoms with van der Waals surface area (Å²) in [6, 6.07) is 1.83. The molecule has 2 N–H and O–H groups in total. The van der Waals surface area contributed by atoms with E-state index in [2.05, 4.69) is 25.6 Å². The molecule has 1 atom stereocenters. The topological polar surface area (TPSA) is 88.0 Å². The van der Waals surface area contributed by atoms with Crippen molar-refractivity contribution >= 4 is 17.4 Å². The van der Waals surface area contributed by atoms with Gasteiger partial charge in [0.05, 0.1) is 6.20 Å². The van der Waals surface area contributed by atoms with Crippen molar-refractivity contribution in [1.29, 1.82) is 0 Å². The summed E-state index contributed by atoms with van der Waals surface area (Å²) in [4.78, 5) is 16.2. The van der Waals surface area contributed by atoms with Crippen molar-refractivity contribution in [1.82, 2.24) is 24.8 Å². The van der Waals surface area contributed by atoms with Crippen LogP contribution in [0.3, 0.4) is 0 Å². The van der Waals surface area contributed by atoms with Crippen LogP contribution in [0.1, 0.15) is 29.2 Å². The fourth-order valence-electron chi connectivity index (χ4n) is 2.79. The highest BCUT2D eigenvalue weighted by atomic mass is 16.1. The van der Waals surface area contributed by atoms with Crippen molar-refractivity contribution in [2.45, 2.75) is 19.3 Å². The van der Waals surface area contributed by atoms with E-state index >= 15 is 0 Å². The first kappa shape index (κ1) is 11.2. The maximum atomic E-state index is 11.9. The number of amides is 1. The van der Waals surface area contributed by atoms with Crippen LogP contribution in [0.15, 0.2) is 24.7 Å². The minimum atomic E-state index is -0.0649. The van der Waals surface area contributed by atoms with E-state index in [1.165, 1.54) is 0 Å². The summed E-state index contributed by atoms with van der Waals surface area (Å²) in [6.07, 6.45) is 5.73. The Kier molecular flexibility index (Phi) is 2.17. The second-order valence-electron chi connectivity index (χ2n) is 4.90. The Balaban J connectivity index is 1.94. The van der Waals surface area contributed by atoms with E-state index in [-0.39, 0.29) is 11.8 Å².